The van der Waals surface area contributed by atoms with Gasteiger partial charge in [-0.05, 0) is 31.2 Å². The van der Waals surface area contributed by atoms with Crippen LogP contribution in [-0.2, 0) is 4.74 Å². The van der Waals surface area contributed by atoms with E-state index >= 15 is 0 Å². The zero-order valence-electron chi connectivity index (χ0n) is 12.1. The monoisotopic (exact) mass is 329 g/mol. The second-order valence-corrected chi connectivity index (χ2v) is 5.12. The summed E-state index contributed by atoms with van der Waals surface area (Å²) in [6.07, 6.45) is 0.670. The fourth-order valence-corrected chi connectivity index (χ4v) is 1.98. The van der Waals surface area contributed by atoms with Gasteiger partial charge in [0.1, 0.15) is 5.15 Å². The summed E-state index contributed by atoms with van der Waals surface area (Å²) in [5, 5.41) is 8.19. The lowest BCUT2D eigenvalue weighted by Crippen LogP contribution is -2.09. The van der Waals surface area contributed by atoms with Crippen molar-refractivity contribution in [1.82, 2.24) is 15.2 Å². The van der Waals surface area contributed by atoms with E-state index in [1.807, 2.05) is 30.3 Å². The smallest absolute Gasteiger partial charge is 0.340 e. The van der Waals surface area contributed by atoms with Crippen LogP contribution in [0.4, 0.5) is 0 Å². The van der Waals surface area contributed by atoms with Crippen LogP contribution in [-0.4, -0.2) is 21.2 Å². The molecule has 0 unspecified atom stereocenters. The minimum absolute atomic E-state index is 0.221. The number of pyridine rings is 1. The summed E-state index contributed by atoms with van der Waals surface area (Å²) < 4.78 is 10.8. The standard InChI is InChI=1S/C16H12ClN3O3/c1-10(22-16(21)12-7-8-13(17)18-9-12)14-19-20-15(23-14)11-5-3-2-4-6-11/h2-10H,1H3/t10-/m0/s1. The van der Waals surface area contributed by atoms with E-state index in [1.165, 1.54) is 18.3 Å². The summed E-state index contributed by atoms with van der Waals surface area (Å²) in [4.78, 5) is 15.9. The normalized spacial score (nSPS) is 11.9. The van der Waals surface area contributed by atoms with E-state index < -0.39 is 12.1 Å². The van der Waals surface area contributed by atoms with Gasteiger partial charge in [0.05, 0.1) is 5.56 Å². The zero-order valence-corrected chi connectivity index (χ0v) is 12.9. The average molecular weight is 330 g/mol. The molecule has 2 aromatic heterocycles. The first-order valence-electron chi connectivity index (χ1n) is 6.85. The number of rotatable bonds is 4. The van der Waals surface area contributed by atoms with Gasteiger partial charge in [-0.3, -0.25) is 0 Å². The molecular weight excluding hydrogens is 318 g/mol. The molecule has 0 aliphatic heterocycles. The van der Waals surface area contributed by atoms with Crippen molar-refractivity contribution >= 4 is 17.6 Å². The van der Waals surface area contributed by atoms with Gasteiger partial charge in [0.25, 0.3) is 5.89 Å². The topological polar surface area (TPSA) is 78.1 Å². The van der Waals surface area contributed by atoms with Gasteiger partial charge in [0, 0.05) is 11.8 Å². The third kappa shape index (κ3) is 3.54. The van der Waals surface area contributed by atoms with Gasteiger partial charge in [-0.15, -0.1) is 10.2 Å². The number of ether oxygens (including phenoxy) is 1. The second kappa shape index (κ2) is 6.58. The summed E-state index contributed by atoms with van der Waals surface area (Å²) in [5.74, 6) is 0.0527. The van der Waals surface area contributed by atoms with Crippen molar-refractivity contribution in [3.63, 3.8) is 0 Å². The minimum atomic E-state index is -0.678. The van der Waals surface area contributed by atoms with Gasteiger partial charge in [-0.25, -0.2) is 9.78 Å². The summed E-state index contributed by atoms with van der Waals surface area (Å²) >= 11 is 5.68. The molecule has 6 nitrogen and oxygen atoms in total. The van der Waals surface area contributed by atoms with Crippen LogP contribution in [0.2, 0.25) is 5.15 Å². The summed E-state index contributed by atoms with van der Waals surface area (Å²) in [5.41, 5.74) is 1.09. The lowest BCUT2D eigenvalue weighted by molar-refractivity contribution is 0.0279. The predicted octanol–water partition coefficient (Wildman–Crippen LogP) is 3.70. The van der Waals surface area contributed by atoms with Crippen molar-refractivity contribution in [1.29, 1.82) is 0 Å². The van der Waals surface area contributed by atoms with E-state index in [2.05, 4.69) is 15.2 Å². The van der Waals surface area contributed by atoms with Crippen LogP contribution in [0.15, 0.2) is 53.1 Å². The molecule has 0 amide bonds. The third-order valence-electron chi connectivity index (χ3n) is 3.06. The molecule has 1 atom stereocenters. The van der Waals surface area contributed by atoms with E-state index in [0.717, 1.165) is 5.56 Å². The first-order valence-corrected chi connectivity index (χ1v) is 7.22. The Morgan fingerprint density at radius 2 is 1.96 bits per heavy atom. The summed E-state index contributed by atoms with van der Waals surface area (Å²) in [6, 6.07) is 12.4. The van der Waals surface area contributed by atoms with E-state index in [-0.39, 0.29) is 5.89 Å². The van der Waals surface area contributed by atoms with Crippen LogP contribution >= 0.6 is 11.6 Å². The number of carbonyl (C=O) groups excluding carboxylic acids is 1. The molecule has 3 aromatic rings. The van der Waals surface area contributed by atoms with Crippen LogP contribution in [0.5, 0.6) is 0 Å². The maximum atomic E-state index is 12.0. The highest BCUT2D eigenvalue weighted by molar-refractivity contribution is 6.29. The molecule has 0 N–H and O–H groups in total. The number of benzene rings is 1. The van der Waals surface area contributed by atoms with E-state index in [0.29, 0.717) is 16.6 Å². The van der Waals surface area contributed by atoms with Crippen molar-refractivity contribution in [3.05, 3.63) is 65.3 Å². The second-order valence-electron chi connectivity index (χ2n) is 4.73. The molecule has 0 saturated heterocycles. The Morgan fingerprint density at radius 1 is 1.17 bits per heavy atom. The van der Waals surface area contributed by atoms with Gasteiger partial charge in [-0.2, -0.15) is 0 Å². The summed E-state index contributed by atoms with van der Waals surface area (Å²) in [6.45, 7) is 1.66. The highest BCUT2D eigenvalue weighted by Gasteiger charge is 2.20. The van der Waals surface area contributed by atoms with Crippen LogP contribution in [0.3, 0.4) is 0 Å². The maximum absolute atomic E-state index is 12.0. The number of hydrogen-bond acceptors (Lipinski definition) is 6. The maximum Gasteiger partial charge on any atom is 0.340 e. The lowest BCUT2D eigenvalue weighted by Gasteiger charge is -2.09. The van der Waals surface area contributed by atoms with Crippen molar-refractivity contribution in [2.24, 2.45) is 0 Å². The first kappa shape index (κ1) is 15.2. The Bertz CT molecular complexity index is 803. The molecule has 23 heavy (non-hydrogen) atoms. The molecule has 7 heteroatoms. The van der Waals surface area contributed by atoms with Gasteiger partial charge < -0.3 is 9.15 Å². The largest absolute Gasteiger partial charge is 0.449 e. The number of esters is 1. The third-order valence-corrected chi connectivity index (χ3v) is 3.28. The molecule has 1 aromatic carbocycles. The number of halogens is 1. The fourth-order valence-electron chi connectivity index (χ4n) is 1.87. The molecule has 0 fully saturated rings. The van der Waals surface area contributed by atoms with Gasteiger partial charge in [0.2, 0.25) is 5.89 Å². The van der Waals surface area contributed by atoms with Crippen LogP contribution in [0.1, 0.15) is 29.3 Å². The van der Waals surface area contributed by atoms with E-state index in [9.17, 15) is 4.79 Å². The van der Waals surface area contributed by atoms with Crippen molar-refractivity contribution < 1.29 is 13.9 Å². The molecule has 0 bridgehead atoms. The zero-order chi connectivity index (χ0) is 16.2. The number of carbonyl (C=O) groups is 1. The molecular formula is C16H12ClN3O3. The van der Waals surface area contributed by atoms with Crippen LogP contribution in [0, 0.1) is 0 Å². The average Bonchev–Trinajstić information content (AvgIpc) is 3.06. The molecule has 0 radical (unpaired) electrons. The van der Waals surface area contributed by atoms with E-state index in [1.54, 1.807) is 6.92 Å². The molecule has 2 heterocycles. The Hall–Kier alpha value is -2.73. The predicted molar refractivity (Wildman–Crippen MR) is 82.8 cm³/mol. The molecule has 0 aliphatic carbocycles. The van der Waals surface area contributed by atoms with Gasteiger partial charge in [-0.1, -0.05) is 29.8 Å². The SMILES string of the molecule is C[C@H](OC(=O)c1ccc(Cl)nc1)c1nnc(-c2ccccc2)o1. The minimum Gasteiger partial charge on any atom is -0.449 e. The van der Waals surface area contributed by atoms with Gasteiger partial charge in [0.15, 0.2) is 6.10 Å². The highest BCUT2D eigenvalue weighted by atomic mass is 35.5. The van der Waals surface area contributed by atoms with Crippen molar-refractivity contribution in [3.8, 4) is 11.5 Å². The summed E-state index contributed by atoms with van der Waals surface area (Å²) in [7, 11) is 0. The molecule has 0 spiro atoms. The molecule has 116 valence electrons. The quantitative estimate of drug-likeness (QED) is 0.536. The lowest BCUT2D eigenvalue weighted by atomic mass is 10.2. The highest BCUT2D eigenvalue weighted by Crippen LogP contribution is 2.22. The van der Waals surface area contributed by atoms with E-state index in [4.69, 9.17) is 20.8 Å². The fraction of sp³-hybridized carbons (Fsp3) is 0.125. The van der Waals surface area contributed by atoms with Crippen molar-refractivity contribution in [2.75, 3.05) is 0 Å². The van der Waals surface area contributed by atoms with Gasteiger partial charge >= 0.3 is 5.97 Å². The van der Waals surface area contributed by atoms with Crippen molar-refractivity contribution in [2.45, 2.75) is 13.0 Å². The molecule has 3 rings (SSSR count). The Morgan fingerprint density at radius 3 is 2.65 bits per heavy atom. The Labute approximate surface area is 137 Å². The molecule has 0 saturated carbocycles. The molecule has 0 aliphatic rings. The Kier molecular flexibility index (Phi) is 4.34. The first-order chi connectivity index (χ1) is 11.1. The number of aromatic nitrogens is 3. The number of nitrogens with zero attached hydrogens (tertiary/aromatic N) is 3. The Balaban J connectivity index is 1.71. The van der Waals surface area contributed by atoms with Crippen LogP contribution < -0.4 is 0 Å². The number of hydrogen-bond donors (Lipinski definition) is 0. The van der Waals surface area contributed by atoms with Crippen LogP contribution in [0.25, 0.3) is 11.5 Å².